The van der Waals surface area contributed by atoms with Crippen LogP contribution in [0.2, 0.25) is 0 Å². The van der Waals surface area contributed by atoms with Gasteiger partial charge in [-0.15, -0.1) is 4.41 Å². The minimum Gasteiger partial charge on any atom is -0.493 e. The molecule has 1 N–H and O–H groups in total. The molecule has 0 aliphatic carbocycles. The molecule has 1 heterocycles. The number of nitrogens with one attached hydrogen (secondary N) is 1. The Morgan fingerprint density at radius 2 is 1.70 bits per heavy atom. The molecule has 1 aliphatic rings. The van der Waals surface area contributed by atoms with Gasteiger partial charge in [-0.2, -0.15) is 0 Å². The van der Waals surface area contributed by atoms with Gasteiger partial charge in [-0.1, -0.05) is 31.2 Å². The molecule has 2 aromatic carbocycles. The normalized spacial score (nSPS) is 17.3. The summed E-state index contributed by atoms with van der Waals surface area (Å²) >= 11 is 0. The second-order valence-corrected chi connectivity index (χ2v) is 8.22. The molecule has 3 rings (SSSR count). The average molecular weight is 388 g/mol. The van der Waals surface area contributed by atoms with Gasteiger partial charge >= 0.3 is 0 Å². The van der Waals surface area contributed by atoms with E-state index in [1.165, 1.54) is 16.2 Å². The molecule has 0 amide bonds. The van der Waals surface area contributed by atoms with Crippen LogP contribution >= 0.6 is 0 Å². The van der Waals surface area contributed by atoms with Crippen LogP contribution in [0, 0.1) is 0 Å². The smallest absolute Gasteiger partial charge is 0.228 e. The predicted octanol–water partition coefficient (Wildman–Crippen LogP) is 3.13. The molecule has 1 atom stereocenters. The van der Waals surface area contributed by atoms with Gasteiger partial charge in [-0.05, 0) is 41.8 Å². The lowest BCUT2D eigenvalue weighted by Gasteiger charge is -2.23. The van der Waals surface area contributed by atoms with Crippen molar-refractivity contribution < 1.29 is 17.9 Å². The van der Waals surface area contributed by atoms with Gasteiger partial charge < -0.3 is 14.9 Å². The Morgan fingerprint density at radius 1 is 1.04 bits per heavy atom. The number of nitrogens with zero attached hydrogens (tertiary/aromatic N) is 1. The van der Waals surface area contributed by atoms with Crippen molar-refractivity contribution in [2.45, 2.75) is 19.4 Å². The summed E-state index contributed by atoms with van der Waals surface area (Å²) in [6, 6.07) is 13.0. The molecule has 0 saturated heterocycles. The number of aryl methyl sites for hydroxylation is 1. The van der Waals surface area contributed by atoms with Crippen LogP contribution < -0.4 is 14.9 Å². The van der Waals surface area contributed by atoms with Crippen LogP contribution in [-0.4, -0.2) is 33.3 Å². The van der Waals surface area contributed by atoms with Crippen LogP contribution in [0.1, 0.15) is 29.7 Å². The van der Waals surface area contributed by atoms with Gasteiger partial charge in [-0.25, -0.2) is 8.42 Å². The van der Waals surface area contributed by atoms with Crippen LogP contribution in [0.5, 0.6) is 11.5 Å². The van der Waals surface area contributed by atoms with Crippen molar-refractivity contribution in [1.82, 2.24) is 9.84 Å². The fourth-order valence-electron chi connectivity index (χ4n) is 3.09. The van der Waals surface area contributed by atoms with E-state index in [9.17, 15) is 8.42 Å². The van der Waals surface area contributed by atoms with Gasteiger partial charge in [0.2, 0.25) is 10.0 Å². The van der Waals surface area contributed by atoms with E-state index < -0.39 is 16.1 Å². The number of hydrogen-bond acceptors (Lipinski definition) is 5. The summed E-state index contributed by atoms with van der Waals surface area (Å²) in [4.78, 5) is 0. The van der Waals surface area contributed by atoms with Crippen molar-refractivity contribution in [3.05, 3.63) is 65.2 Å². The van der Waals surface area contributed by atoms with E-state index >= 15 is 0 Å². The standard InChI is InChI=1S/C20H24N2O4S/c1-5-14-6-8-15(9-7-14)18-13-17(21-22(18)27(4,23)24)16-10-11-19(25-2)20(12-16)26-3/h6-13,18,21H,5H2,1-4H3/t18-/m1/s1. The van der Waals surface area contributed by atoms with Crippen LogP contribution in [-0.2, 0) is 16.4 Å². The predicted molar refractivity (Wildman–Crippen MR) is 106 cm³/mol. The third kappa shape index (κ3) is 3.94. The third-order valence-electron chi connectivity index (χ3n) is 4.59. The lowest BCUT2D eigenvalue weighted by Crippen LogP contribution is -2.38. The summed E-state index contributed by atoms with van der Waals surface area (Å²) in [5.41, 5.74) is 6.65. The highest BCUT2D eigenvalue weighted by Gasteiger charge is 2.33. The van der Waals surface area contributed by atoms with Crippen LogP contribution in [0.3, 0.4) is 0 Å². The van der Waals surface area contributed by atoms with Gasteiger partial charge in [0.15, 0.2) is 11.5 Å². The van der Waals surface area contributed by atoms with Crippen molar-refractivity contribution in [3.63, 3.8) is 0 Å². The number of benzene rings is 2. The number of hydrogen-bond donors (Lipinski definition) is 1. The molecule has 1 aliphatic heterocycles. The van der Waals surface area contributed by atoms with E-state index in [1.54, 1.807) is 20.3 Å². The third-order valence-corrected chi connectivity index (χ3v) is 5.62. The highest BCUT2D eigenvalue weighted by atomic mass is 32.2. The summed E-state index contributed by atoms with van der Waals surface area (Å²) in [6.07, 6.45) is 4.04. The Bertz CT molecular complexity index is 952. The van der Waals surface area contributed by atoms with Crippen molar-refractivity contribution >= 4 is 15.7 Å². The number of rotatable bonds is 6. The molecule has 27 heavy (non-hydrogen) atoms. The molecule has 144 valence electrons. The molecular formula is C20H24N2O4S. The summed E-state index contributed by atoms with van der Waals surface area (Å²) < 4.78 is 36.6. The monoisotopic (exact) mass is 388 g/mol. The maximum Gasteiger partial charge on any atom is 0.228 e. The number of methoxy groups -OCH3 is 2. The van der Waals surface area contributed by atoms with Crippen LogP contribution in [0.25, 0.3) is 5.70 Å². The Balaban J connectivity index is 2.01. The molecule has 2 aromatic rings. The average Bonchev–Trinajstić information content (AvgIpc) is 3.13. The van der Waals surface area contributed by atoms with E-state index in [1.807, 2.05) is 42.5 Å². The quantitative estimate of drug-likeness (QED) is 0.823. The van der Waals surface area contributed by atoms with Crippen molar-refractivity contribution in [2.75, 3.05) is 20.5 Å². The maximum atomic E-state index is 12.3. The first kappa shape index (κ1) is 19.3. The van der Waals surface area contributed by atoms with E-state index in [2.05, 4.69) is 12.3 Å². The lowest BCUT2D eigenvalue weighted by molar-refractivity contribution is 0.350. The zero-order valence-electron chi connectivity index (χ0n) is 15.9. The lowest BCUT2D eigenvalue weighted by atomic mass is 10.0. The Morgan fingerprint density at radius 3 is 2.26 bits per heavy atom. The van der Waals surface area contributed by atoms with E-state index in [0.717, 1.165) is 17.5 Å². The maximum absolute atomic E-state index is 12.3. The van der Waals surface area contributed by atoms with Crippen LogP contribution in [0.15, 0.2) is 48.5 Å². The van der Waals surface area contributed by atoms with Crippen molar-refractivity contribution in [2.24, 2.45) is 0 Å². The minimum absolute atomic E-state index is 0.422. The second-order valence-electron chi connectivity index (χ2n) is 6.36. The van der Waals surface area contributed by atoms with Gasteiger partial charge in [0, 0.05) is 5.56 Å². The molecular weight excluding hydrogens is 364 g/mol. The van der Waals surface area contributed by atoms with Gasteiger partial charge in [0.1, 0.15) is 0 Å². The topological polar surface area (TPSA) is 67.9 Å². The first-order valence-electron chi connectivity index (χ1n) is 8.66. The molecule has 7 heteroatoms. The number of sulfonamides is 1. The number of hydrazine groups is 1. The van der Waals surface area contributed by atoms with E-state index in [-0.39, 0.29) is 0 Å². The molecule has 0 saturated carbocycles. The summed E-state index contributed by atoms with van der Waals surface area (Å²) in [7, 11) is -0.327. The molecule has 0 spiro atoms. The number of ether oxygens (including phenoxy) is 2. The Hall–Kier alpha value is -2.51. The van der Waals surface area contributed by atoms with Crippen molar-refractivity contribution in [1.29, 1.82) is 0 Å². The van der Waals surface area contributed by atoms with Crippen LogP contribution in [0.4, 0.5) is 0 Å². The summed E-state index contributed by atoms with van der Waals surface area (Å²) in [6.45, 7) is 2.09. The first-order valence-corrected chi connectivity index (χ1v) is 10.5. The van der Waals surface area contributed by atoms with E-state index in [4.69, 9.17) is 9.47 Å². The summed E-state index contributed by atoms with van der Waals surface area (Å²) in [5, 5.41) is 0. The molecule has 0 aromatic heterocycles. The minimum atomic E-state index is -3.47. The van der Waals surface area contributed by atoms with Gasteiger partial charge in [-0.3, -0.25) is 0 Å². The highest BCUT2D eigenvalue weighted by molar-refractivity contribution is 7.88. The molecule has 0 fully saturated rings. The fourth-order valence-corrected chi connectivity index (χ4v) is 3.95. The zero-order valence-corrected chi connectivity index (χ0v) is 16.7. The van der Waals surface area contributed by atoms with Gasteiger partial charge in [0.25, 0.3) is 0 Å². The first-order chi connectivity index (χ1) is 12.9. The largest absolute Gasteiger partial charge is 0.493 e. The highest BCUT2D eigenvalue weighted by Crippen LogP contribution is 2.36. The summed E-state index contributed by atoms with van der Waals surface area (Å²) in [5.74, 6) is 1.20. The SMILES string of the molecule is CCc1ccc([C@H]2C=C(c3ccc(OC)c(OC)c3)NN2S(C)(=O)=O)cc1. The fraction of sp³-hybridized carbons (Fsp3) is 0.300. The molecule has 0 radical (unpaired) electrons. The molecule has 0 unspecified atom stereocenters. The van der Waals surface area contributed by atoms with Gasteiger partial charge in [0.05, 0.1) is 32.2 Å². The molecule has 0 bridgehead atoms. The Kier molecular flexibility index (Phi) is 5.43. The Labute approximate surface area is 160 Å². The molecule has 6 nitrogen and oxygen atoms in total. The zero-order chi connectivity index (χ0) is 19.6. The second kappa shape index (κ2) is 7.62. The van der Waals surface area contributed by atoms with Crippen molar-refractivity contribution in [3.8, 4) is 11.5 Å². The van der Waals surface area contributed by atoms with E-state index in [0.29, 0.717) is 17.2 Å².